The Labute approximate surface area is 255 Å². The fourth-order valence-corrected chi connectivity index (χ4v) is 7.64. The Hall–Kier alpha value is -2.91. The van der Waals surface area contributed by atoms with Gasteiger partial charge in [0.1, 0.15) is 21.0 Å². The SMILES string of the molecule is CCC(C)CC(=Cc1ncnc(-c2ccc(CNC(=O)c3cnc(C(C)(C)C)s3)c(C)c2)c1C)C1CCS(=O)(=O)CC1. The van der Waals surface area contributed by atoms with Gasteiger partial charge >= 0.3 is 0 Å². The summed E-state index contributed by atoms with van der Waals surface area (Å²) in [5, 5.41) is 3.98. The van der Waals surface area contributed by atoms with Gasteiger partial charge in [0.2, 0.25) is 0 Å². The molecule has 0 saturated carbocycles. The fraction of sp³-hybridized carbons (Fsp3) is 0.515. The summed E-state index contributed by atoms with van der Waals surface area (Å²) >= 11 is 1.44. The number of amides is 1. The summed E-state index contributed by atoms with van der Waals surface area (Å²) in [7, 11) is -2.92. The van der Waals surface area contributed by atoms with Gasteiger partial charge in [0.15, 0.2) is 0 Å². The molecule has 1 atom stereocenters. The van der Waals surface area contributed by atoms with E-state index >= 15 is 0 Å². The molecule has 42 heavy (non-hydrogen) atoms. The number of aryl methyl sites for hydroxylation is 1. The van der Waals surface area contributed by atoms with Crippen LogP contribution in [0.2, 0.25) is 0 Å². The van der Waals surface area contributed by atoms with Gasteiger partial charge in [-0.2, -0.15) is 0 Å². The highest BCUT2D eigenvalue weighted by molar-refractivity contribution is 7.91. The number of aromatic nitrogens is 3. The van der Waals surface area contributed by atoms with Crippen molar-refractivity contribution in [3.05, 3.63) is 68.6 Å². The van der Waals surface area contributed by atoms with Gasteiger partial charge in [0, 0.05) is 23.1 Å². The minimum atomic E-state index is -2.92. The standard InChI is InChI=1S/C33H44N4O3S2/c1-8-21(2)15-27(24-11-13-42(39,40)14-12-24)17-28-23(4)30(37-20-36-28)25-9-10-26(22(3)16-25)18-34-31(38)29-19-35-32(41-29)33(5,6)7/h9-10,16-17,19-21,24H,8,11-15,18H2,1-7H3,(H,34,38). The summed E-state index contributed by atoms with van der Waals surface area (Å²) in [6, 6.07) is 6.21. The number of thiazole rings is 1. The lowest BCUT2D eigenvalue weighted by Crippen LogP contribution is -2.25. The van der Waals surface area contributed by atoms with E-state index in [1.165, 1.54) is 16.9 Å². The van der Waals surface area contributed by atoms with Crippen molar-refractivity contribution in [3.8, 4) is 11.3 Å². The Morgan fingerprint density at radius 1 is 1.14 bits per heavy atom. The van der Waals surface area contributed by atoms with Crippen LogP contribution in [0.4, 0.5) is 0 Å². The average molecular weight is 609 g/mol. The summed E-state index contributed by atoms with van der Waals surface area (Å²) in [5.41, 5.74) is 7.10. The zero-order chi connectivity index (χ0) is 30.7. The van der Waals surface area contributed by atoms with Gasteiger partial charge in [-0.05, 0) is 68.2 Å². The molecule has 0 bridgehead atoms. The molecule has 2 aromatic heterocycles. The monoisotopic (exact) mass is 608 g/mol. The van der Waals surface area contributed by atoms with Crippen LogP contribution in [0.15, 0.2) is 36.3 Å². The van der Waals surface area contributed by atoms with Crippen molar-refractivity contribution >= 4 is 33.2 Å². The van der Waals surface area contributed by atoms with Crippen LogP contribution in [0.5, 0.6) is 0 Å². The van der Waals surface area contributed by atoms with Crippen LogP contribution in [-0.2, 0) is 21.8 Å². The highest BCUT2D eigenvalue weighted by atomic mass is 32.2. The van der Waals surface area contributed by atoms with E-state index < -0.39 is 9.84 Å². The molecular weight excluding hydrogens is 565 g/mol. The van der Waals surface area contributed by atoms with Crippen molar-refractivity contribution in [2.24, 2.45) is 11.8 Å². The van der Waals surface area contributed by atoms with Crippen LogP contribution < -0.4 is 5.32 Å². The van der Waals surface area contributed by atoms with Gasteiger partial charge in [0.25, 0.3) is 5.91 Å². The molecule has 0 aliphatic carbocycles. The van der Waals surface area contributed by atoms with Crippen molar-refractivity contribution in [3.63, 3.8) is 0 Å². The fourth-order valence-electron chi connectivity index (χ4n) is 5.26. The average Bonchev–Trinajstić information content (AvgIpc) is 3.44. The van der Waals surface area contributed by atoms with E-state index in [0.717, 1.165) is 51.5 Å². The summed E-state index contributed by atoms with van der Waals surface area (Å²) in [5.74, 6) is 1.19. The Bertz CT molecular complexity index is 1550. The number of carbonyl (C=O) groups excluding carboxylic acids is 1. The van der Waals surface area contributed by atoms with Gasteiger partial charge in [-0.25, -0.2) is 23.4 Å². The molecule has 1 N–H and O–H groups in total. The Kier molecular flexibility index (Phi) is 10.0. The first-order valence-electron chi connectivity index (χ1n) is 14.8. The van der Waals surface area contributed by atoms with Crippen molar-refractivity contribution in [2.45, 2.75) is 86.1 Å². The molecule has 0 spiro atoms. The van der Waals surface area contributed by atoms with Crippen LogP contribution in [0.3, 0.4) is 0 Å². The highest BCUT2D eigenvalue weighted by Crippen LogP contribution is 2.34. The maximum Gasteiger partial charge on any atom is 0.263 e. The summed E-state index contributed by atoms with van der Waals surface area (Å²) in [4.78, 5) is 27.1. The third kappa shape index (κ3) is 7.92. The number of nitrogens with zero attached hydrogens (tertiary/aromatic N) is 3. The zero-order valence-electron chi connectivity index (χ0n) is 26.0. The molecule has 1 unspecified atom stereocenters. The normalized spacial score (nSPS) is 16.8. The third-order valence-corrected chi connectivity index (χ3v) is 11.4. The first kappa shape index (κ1) is 32.0. The van der Waals surface area contributed by atoms with Crippen LogP contribution in [0, 0.1) is 25.7 Å². The first-order chi connectivity index (χ1) is 19.8. The number of sulfone groups is 1. The van der Waals surface area contributed by atoms with Crippen molar-refractivity contribution in [1.82, 2.24) is 20.3 Å². The first-order valence-corrected chi connectivity index (χ1v) is 17.5. The van der Waals surface area contributed by atoms with Crippen LogP contribution in [0.1, 0.15) is 97.4 Å². The Morgan fingerprint density at radius 3 is 2.48 bits per heavy atom. The van der Waals surface area contributed by atoms with E-state index in [-0.39, 0.29) is 28.7 Å². The molecule has 3 heterocycles. The predicted octanol–water partition coefficient (Wildman–Crippen LogP) is 7.09. The topological polar surface area (TPSA) is 102 Å². The van der Waals surface area contributed by atoms with E-state index in [2.05, 4.69) is 74.0 Å². The van der Waals surface area contributed by atoms with E-state index in [4.69, 9.17) is 0 Å². The van der Waals surface area contributed by atoms with Gasteiger partial charge in [0.05, 0.1) is 34.1 Å². The largest absolute Gasteiger partial charge is 0.347 e. The van der Waals surface area contributed by atoms with Crippen molar-refractivity contribution in [2.75, 3.05) is 11.5 Å². The number of benzene rings is 1. The molecule has 1 fully saturated rings. The molecular formula is C33H44N4O3S2. The van der Waals surface area contributed by atoms with Crippen LogP contribution in [-0.4, -0.2) is 40.8 Å². The van der Waals surface area contributed by atoms with E-state index in [1.54, 1.807) is 12.5 Å². The molecule has 1 saturated heterocycles. The summed E-state index contributed by atoms with van der Waals surface area (Å²) < 4.78 is 24.1. The van der Waals surface area contributed by atoms with Gasteiger partial charge in [-0.3, -0.25) is 4.79 Å². The summed E-state index contributed by atoms with van der Waals surface area (Å²) in [6.07, 6.45) is 8.84. The second-order valence-electron chi connectivity index (χ2n) is 12.7. The smallest absolute Gasteiger partial charge is 0.263 e. The molecule has 9 heteroatoms. The minimum absolute atomic E-state index is 0.0844. The van der Waals surface area contributed by atoms with E-state index in [1.807, 2.05) is 19.1 Å². The highest BCUT2D eigenvalue weighted by Gasteiger charge is 2.27. The maximum absolute atomic E-state index is 12.8. The molecule has 7 nitrogen and oxygen atoms in total. The lowest BCUT2D eigenvalue weighted by molar-refractivity contribution is 0.0954. The van der Waals surface area contributed by atoms with Crippen molar-refractivity contribution < 1.29 is 13.2 Å². The molecule has 1 amide bonds. The Morgan fingerprint density at radius 2 is 1.86 bits per heavy atom. The second-order valence-corrected chi connectivity index (χ2v) is 16.0. The minimum Gasteiger partial charge on any atom is -0.347 e. The number of rotatable bonds is 9. The quantitative estimate of drug-likeness (QED) is 0.278. The number of allylic oxidation sites excluding steroid dienone is 1. The Balaban J connectivity index is 1.53. The predicted molar refractivity (Wildman–Crippen MR) is 172 cm³/mol. The number of carbonyl (C=O) groups is 1. The van der Waals surface area contributed by atoms with Gasteiger partial charge in [-0.15, -0.1) is 11.3 Å². The number of nitrogens with one attached hydrogen (secondary N) is 1. The maximum atomic E-state index is 12.8. The number of hydrogen-bond acceptors (Lipinski definition) is 7. The zero-order valence-corrected chi connectivity index (χ0v) is 27.6. The number of hydrogen-bond donors (Lipinski definition) is 1. The molecule has 4 rings (SSSR count). The van der Waals surface area contributed by atoms with Gasteiger partial charge in [-0.1, -0.05) is 58.7 Å². The lowest BCUT2D eigenvalue weighted by Gasteiger charge is -2.26. The molecule has 226 valence electrons. The van der Waals surface area contributed by atoms with Gasteiger partial charge < -0.3 is 5.32 Å². The van der Waals surface area contributed by atoms with E-state index in [0.29, 0.717) is 30.2 Å². The summed E-state index contributed by atoms with van der Waals surface area (Å²) in [6.45, 7) is 15.3. The molecule has 3 aromatic rings. The molecule has 1 aliphatic heterocycles. The lowest BCUT2D eigenvalue weighted by atomic mass is 9.85. The molecule has 1 aliphatic rings. The van der Waals surface area contributed by atoms with Crippen LogP contribution in [0.25, 0.3) is 17.3 Å². The van der Waals surface area contributed by atoms with Crippen LogP contribution >= 0.6 is 11.3 Å². The molecule has 1 aromatic carbocycles. The second kappa shape index (κ2) is 13.2. The van der Waals surface area contributed by atoms with E-state index in [9.17, 15) is 13.2 Å². The third-order valence-electron chi connectivity index (χ3n) is 8.23. The van der Waals surface area contributed by atoms with Crippen molar-refractivity contribution in [1.29, 1.82) is 0 Å². The molecule has 0 radical (unpaired) electrons.